The Kier molecular flexibility index (Phi) is 16.7. The predicted molar refractivity (Wildman–Crippen MR) is 251 cm³/mol. The van der Waals surface area contributed by atoms with Crippen LogP contribution in [0, 0.1) is 13.8 Å². The smallest absolute Gasteiger partial charge is 0.347 e. The Hall–Kier alpha value is -7.73. The molecule has 0 saturated carbocycles. The molecule has 18 nitrogen and oxygen atoms in total. The van der Waals surface area contributed by atoms with E-state index in [-0.39, 0.29) is 50.1 Å². The molecule has 5 N–H and O–H groups in total. The summed E-state index contributed by atoms with van der Waals surface area (Å²) in [6.07, 6.45) is 3.06. The van der Waals surface area contributed by atoms with Gasteiger partial charge in [-0.25, -0.2) is 9.59 Å². The Balaban J connectivity index is 0.986. The normalized spacial score (nSPS) is 12.8. The zero-order chi connectivity index (χ0) is 48.0. The standard InChI is InChI=1S/C49H56N8O10/c1-7-56(8-2)21-20-50-47(61)45-30(3)42(53-31(45)4)26-40-39-25-38(16-17-41(39)55-46(40)60)67-44(59)19-18-43(58)66-32(5)48(62)65-23-22-57(29-33-10-9-11-37(24-33)64-6)49(63)54-36-14-12-34(13-15-36)35-27-51-52-28-35/h9-17,24-28,32,53H,7-8,18-23,29H2,1-6H3,(H,50,61)(H,51,52)(H,54,63)(H,55,60)/b40-26-/t32-/m0/s1. The lowest BCUT2D eigenvalue weighted by Crippen LogP contribution is -2.38. The number of aromatic nitrogens is 3. The van der Waals surface area contributed by atoms with E-state index in [1.54, 1.807) is 75.0 Å². The Morgan fingerprint density at radius 3 is 2.37 bits per heavy atom. The number of urea groups is 1. The lowest BCUT2D eigenvalue weighted by Gasteiger charge is -2.24. The molecule has 2 aromatic heterocycles. The third-order valence-electron chi connectivity index (χ3n) is 11.1. The van der Waals surface area contributed by atoms with E-state index in [0.717, 1.165) is 36.3 Å². The van der Waals surface area contributed by atoms with Crippen LogP contribution in [0.3, 0.4) is 0 Å². The van der Waals surface area contributed by atoms with Crippen molar-refractivity contribution in [3.63, 3.8) is 0 Å². The Bertz CT molecular complexity index is 2600. The number of nitrogens with zero attached hydrogens (tertiary/aromatic N) is 3. The summed E-state index contributed by atoms with van der Waals surface area (Å²) in [7, 11) is 1.55. The second kappa shape index (κ2) is 22.9. The highest BCUT2D eigenvalue weighted by atomic mass is 16.6. The summed E-state index contributed by atoms with van der Waals surface area (Å²) in [6, 6.07) is 18.7. The second-order valence-corrected chi connectivity index (χ2v) is 15.7. The van der Waals surface area contributed by atoms with Crippen LogP contribution < -0.4 is 25.4 Å². The molecule has 3 aromatic carbocycles. The Morgan fingerprint density at radius 1 is 0.896 bits per heavy atom. The molecular weight excluding hydrogens is 861 g/mol. The summed E-state index contributed by atoms with van der Waals surface area (Å²) in [5, 5.41) is 15.4. The van der Waals surface area contributed by atoms with Crippen LogP contribution in [0.5, 0.6) is 11.5 Å². The Morgan fingerprint density at radius 2 is 1.66 bits per heavy atom. The van der Waals surface area contributed by atoms with Crippen molar-refractivity contribution in [1.29, 1.82) is 0 Å². The number of carbonyl (C=O) groups excluding carboxylic acids is 6. The number of hydrogen-bond donors (Lipinski definition) is 5. The maximum atomic E-state index is 13.5. The third-order valence-corrected chi connectivity index (χ3v) is 11.1. The molecule has 0 unspecified atom stereocenters. The second-order valence-electron chi connectivity index (χ2n) is 15.7. The van der Waals surface area contributed by atoms with Crippen LogP contribution in [-0.4, -0.2) is 113 Å². The van der Waals surface area contributed by atoms with Gasteiger partial charge in [-0.15, -0.1) is 0 Å². The maximum absolute atomic E-state index is 13.5. The van der Waals surface area contributed by atoms with Crippen LogP contribution in [-0.2, 0) is 35.2 Å². The largest absolute Gasteiger partial charge is 0.497 e. The minimum Gasteiger partial charge on any atom is -0.497 e. The third kappa shape index (κ3) is 13.0. The summed E-state index contributed by atoms with van der Waals surface area (Å²) >= 11 is 0. The number of aryl methyl sites for hydroxylation is 1. The number of methoxy groups -OCH3 is 1. The van der Waals surface area contributed by atoms with Crippen LogP contribution in [0.1, 0.15) is 72.0 Å². The number of rotatable bonds is 21. The first-order chi connectivity index (χ1) is 32.3. The number of fused-ring (bicyclic) bond motifs is 1. The first-order valence-corrected chi connectivity index (χ1v) is 22.0. The van der Waals surface area contributed by atoms with E-state index in [1.807, 2.05) is 25.1 Å². The monoisotopic (exact) mass is 916 g/mol. The highest BCUT2D eigenvalue weighted by molar-refractivity contribution is 6.35. The molecule has 18 heteroatoms. The molecule has 0 radical (unpaired) electrons. The van der Waals surface area contributed by atoms with Crippen molar-refractivity contribution in [2.45, 2.75) is 60.1 Å². The number of esters is 3. The van der Waals surface area contributed by atoms with E-state index in [0.29, 0.717) is 57.3 Å². The minimum atomic E-state index is -1.31. The van der Waals surface area contributed by atoms with Gasteiger partial charge >= 0.3 is 23.9 Å². The number of likely N-dealkylation sites (N-methyl/N-ethyl adjacent to an activating group) is 1. The number of anilines is 2. The molecule has 1 aliphatic heterocycles. The molecule has 4 amide bonds. The molecular formula is C49H56N8O10. The summed E-state index contributed by atoms with van der Waals surface area (Å²) in [6.45, 7) is 12.1. The van der Waals surface area contributed by atoms with Gasteiger partial charge in [0.05, 0.1) is 43.8 Å². The van der Waals surface area contributed by atoms with E-state index in [1.165, 1.54) is 17.9 Å². The number of H-pyrrole nitrogens is 2. The first kappa shape index (κ1) is 48.7. The number of aromatic amines is 2. The minimum absolute atomic E-state index is 0.00114. The van der Waals surface area contributed by atoms with Crippen LogP contribution >= 0.6 is 0 Å². The van der Waals surface area contributed by atoms with Gasteiger partial charge in [0.15, 0.2) is 6.10 Å². The van der Waals surface area contributed by atoms with Gasteiger partial charge in [0, 0.05) is 59.7 Å². The lowest BCUT2D eigenvalue weighted by molar-refractivity contribution is -0.167. The molecule has 5 aromatic rings. The molecule has 67 heavy (non-hydrogen) atoms. The van der Waals surface area contributed by atoms with Gasteiger partial charge in [-0.05, 0) is 99.1 Å². The first-order valence-electron chi connectivity index (χ1n) is 22.0. The summed E-state index contributed by atoms with van der Waals surface area (Å²) in [5.74, 6) is -2.24. The van der Waals surface area contributed by atoms with Crippen molar-refractivity contribution in [2.24, 2.45) is 0 Å². The van der Waals surface area contributed by atoms with Crippen molar-refractivity contribution >= 4 is 58.8 Å². The van der Waals surface area contributed by atoms with Gasteiger partial charge in [0.25, 0.3) is 11.8 Å². The molecule has 1 aliphatic rings. The SMILES string of the molecule is CCN(CC)CCNC(=O)c1c(C)[nH]c(/C=C2\C(=O)Nc3ccc(OC(=O)CCC(=O)O[C@@H](C)C(=O)OCCN(Cc4cccc(OC)c4)C(=O)Nc4ccc(-c5cn[nH]c5)cc4)cc32)c1C. The van der Waals surface area contributed by atoms with E-state index >= 15 is 0 Å². The van der Waals surface area contributed by atoms with Crippen molar-refractivity contribution in [1.82, 2.24) is 30.3 Å². The van der Waals surface area contributed by atoms with E-state index in [4.69, 9.17) is 18.9 Å². The molecule has 3 heterocycles. The number of ether oxygens (including phenoxy) is 4. The zero-order valence-corrected chi connectivity index (χ0v) is 38.4. The summed E-state index contributed by atoms with van der Waals surface area (Å²) in [4.78, 5) is 85.1. The maximum Gasteiger partial charge on any atom is 0.347 e. The number of carbonyl (C=O) groups is 6. The topological polar surface area (TPSA) is 226 Å². The van der Waals surface area contributed by atoms with Crippen LogP contribution in [0.4, 0.5) is 16.2 Å². The van der Waals surface area contributed by atoms with Gasteiger partial charge in [-0.3, -0.25) is 24.3 Å². The highest BCUT2D eigenvalue weighted by Crippen LogP contribution is 2.36. The summed E-state index contributed by atoms with van der Waals surface area (Å²) < 4.78 is 21.5. The van der Waals surface area contributed by atoms with Crippen molar-refractivity contribution in [3.8, 4) is 22.6 Å². The fourth-order valence-corrected chi connectivity index (χ4v) is 7.40. The zero-order valence-electron chi connectivity index (χ0n) is 38.4. The highest BCUT2D eigenvalue weighted by Gasteiger charge is 2.27. The molecule has 0 saturated heterocycles. The molecule has 6 rings (SSSR count). The fourth-order valence-electron chi connectivity index (χ4n) is 7.40. The van der Waals surface area contributed by atoms with E-state index < -0.39 is 30.0 Å². The molecule has 1 atom stereocenters. The number of amides is 4. The lowest BCUT2D eigenvalue weighted by atomic mass is 10.0. The van der Waals surface area contributed by atoms with Crippen LogP contribution in [0.15, 0.2) is 79.1 Å². The predicted octanol–water partition coefficient (Wildman–Crippen LogP) is 6.49. The number of hydrogen-bond acceptors (Lipinski definition) is 12. The fraction of sp³-hybridized carbons (Fsp3) is 0.327. The molecule has 352 valence electrons. The Labute approximate surface area is 388 Å². The average Bonchev–Trinajstić information content (AvgIpc) is 4.04. The molecule has 0 spiro atoms. The van der Waals surface area contributed by atoms with Crippen LogP contribution in [0.25, 0.3) is 22.8 Å². The van der Waals surface area contributed by atoms with E-state index in [9.17, 15) is 28.8 Å². The number of nitrogens with one attached hydrogen (secondary N) is 5. The van der Waals surface area contributed by atoms with Crippen molar-refractivity contribution in [2.75, 3.05) is 57.1 Å². The number of benzene rings is 3. The van der Waals surface area contributed by atoms with Crippen LogP contribution in [0.2, 0.25) is 0 Å². The summed E-state index contributed by atoms with van der Waals surface area (Å²) in [5.41, 5.74) is 6.87. The van der Waals surface area contributed by atoms with Gasteiger partial charge in [-0.1, -0.05) is 38.1 Å². The van der Waals surface area contributed by atoms with Crippen molar-refractivity contribution < 1.29 is 47.7 Å². The molecule has 0 bridgehead atoms. The van der Waals surface area contributed by atoms with Crippen molar-refractivity contribution in [3.05, 3.63) is 113 Å². The quantitative estimate of drug-likeness (QED) is 0.0303. The molecule has 0 fully saturated rings. The van der Waals surface area contributed by atoms with E-state index in [2.05, 4.69) is 49.9 Å². The van der Waals surface area contributed by atoms with Gasteiger partial charge in [-0.2, -0.15) is 5.10 Å². The average molecular weight is 917 g/mol. The molecule has 0 aliphatic carbocycles. The van der Waals surface area contributed by atoms with Gasteiger partial charge < -0.3 is 49.7 Å². The van der Waals surface area contributed by atoms with Gasteiger partial charge in [0.1, 0.15) is 18.1 Å². The van der Waals surface area contributed by atoms with Gasteiger partial charge in [0.2, 0.25) is 0 Å².